The van der Waals surface area contributed by atoms with Crippen LogP contribution in [0.15, 0.2) is 24.3 Å². The number of likely N-dealkylation sites (tertiary alicyclic amines) is 2. The molecule has 0 saturated carbocycles. The Kier molecular flexibility index (Phi) is 8.02. The van der Waals surface area contributed by atoms with E-state index in [1.165, 1.54) is 11.0 Å². The molecule has 2 aliphatic rings. The molecule has 182 valence electrons. The number of carbonyl (C=O) groups excluding carboxylic acids is 3. The first-order chi connectivity index (χ1) is 15.6. The summed E-state index contributed by atoms with van der Waals surface area (Å²) in [7, 11) is 0. The molecule has 2 saturated heterocycles. The van der Waals surface area contributed by atoms with Gasteiger partial charge in [0.25, 0.3) is 0 Å². The van der Waals surface area contributed by atoms with Crippen molar-refractivity contribution < 1.29 is 27.6 Å². The highest BCUT2D eigenvalue weighted by atomic mass is 19.4. The highest BCUT2D eigenvalue weighted by molar-refractivity contribution is 5.83. The van der Waals surface area contributed by atoms with Gasteiger partial charge in [-0.15, -0.1) is 0 Å². The number of piperidine rings is 1. The Labute approximate surface area is 192 Å². The summed E-state index contributed by atoms with van der Waals surface area (Å²) in [5.41, 5.74) is -0.364. The zero-order chi connectivity index (χ0) is 24.2. The van der Waals surface area contributed by atoms with E-state index in [1.54, 1.807) is 15.9 Å². The van der Waals surface area contributed by atoms with Crippen LogP contribution in [-0.4, -0.2) is 64.6 Å². The molecule has 0 aromatic heterocycles. The molecule has 0 bridgehead atoms. The molecule has 2 aliphatic heterocycles. The molecule has 2 fully saturated rings. The number of rotatable bonds is 7. The maximum Gasteiger partial charge on any atom is 0.416 e. The van der Waals surface area contributed by atoms with Gasteiger partial charge >= 0.3 is 6.18 Å². The zero-order valence-corrected chi connectivity index (χ0v) is 19.2. The van der Waals surface area contributed by atoms with Crippen molar-refractivity contribution in [3.8, 4) is 0 Å². The Bertz CT molecular complexity index is 870. The lowest BCUT2D eigenvalue weighted by Gasteiger charge is -2.35. The summed E-state index contributed by atoms with van der Waals surface area (Å²) in [6.45, 7) is 6.14. The van der Waals surface area contributed by atoms with Gasteiger partial charge in [0.05, 0.1) is 11.5 Å². The van der Waals surface area contributed by atoms with E-state index in [-0.39, 0.29) is 49.1 Å². The van der Waals surface area contributed by atoms with Crippen LogP contribution in [0.25, 0.3) is 0 Å². The van der Waals surface area contributed by atoms with Gasteiger partial charge in [0.1, 0.15) is 0 Å². The minimum Gasteiger partial charge on any atom is -0.343 e. The lowest BCUT2D eigenvalue weighted by atomic mass is 9.95. The highest BCUT2D eigenvalue weighted by Gasteiger charge is 2.36. The summed E-state index contributed by atoms with van der Waals surface area (Å²) in [5.74, 6) is -0.409. The predicted octanol–water partition coefficient (Wildman–Crippen LogP) is 3.69. The van der Waals surface area contributed by atoms with E-state index in [2.05, 4.69) is 0 Å². The van der Waals surface area contributed by atoms with E-state index in [4.69, 9.17) is 0 Å². The van der Waals surface area contributed by atoms with E-state index in [0.717, 1.165) is 25.0 Å². The van der Waals surface area contributed by atoms with E-state index in [9.17, 15) is 27.6 Å². The maximum atomic E-state index is 13.0. The van der Waals surface area contributed by atoms with Gasteiger partial charge < -0.3 is 14.7 Å². The van der Waals surface area contributed by atoms with Crippen LogP contribution in [0.3, 0.4) is 0 Å². The van der Waals surface area contributed by atoms with Crippen LogP contribution in [0.4, 0.5) is 13.2 Å². The minimum atomic E-state index is -4.45. The second-order valence-electron chi connectivity index (χ2n) is 8.81. The first-order valence-corrected chi connectivity index (χ1v) is 11.7. The Hall–Kier alpha value is -2.58. The third-order valence-corrected chi connectivity index (χ3v) is 6.67. The van der Waals surface area contributed by atoms with Gasteiger partial charge in [-0.1, -0.05) is 12.1 Å². The SMILES string of the molecule is CCN(CC)C(=O)C1CCCN(C(=O)CC2CCC(=O)N2Cc2cccc(C(F)(F)F)c2)C1. The van der Waals surface area contributed by atoms with Gasteiger partial charge in [0.2, 0.25) is 17.7 Å². The molecular weight excluding hydrogens is 435 g/mol. The maximum absolute atomic E-state index is 13.0. The molecular formula is C24H32F3N3O3. The number of hydrogen-bond acceptors (Lipinski definition) is 3. The molecule has 2 atom stereocenters. The Balaban J connectivity index is 1.64. The molecule has 0 spiro atoms. The number of amides is 3. The van der Waals surface area contributed by atoms with Crippen molar-refractivity contribution in [1.29, 1.82) is 0 Å². The molecule has 3 amide bonds. The van der Waals surface area contributed by atoms with E-state index in [0.29, 0.717) is 38.2 Å². The first kappa shape index (κ1) is 25.1. The van der Waals surface area contributed by atoms with Gasteiger partial charge in [-0.3, -0.25) is 14.4 Å². The fraction of sp³-hybridized carbons (Fsp3) is 0.625. The van der Waals surface area contributed by atoms with E-state index in [1.807, 2.05) is 13.8 Å². The van der Waals surface area contributed by atoms with Crippen molar-refractivity contribution in [3.63, 3.8) is 0 Å². The van der Waals surface area contributed by atoms with E-state index < -0.39 is 11.7 Å². The van der Waals surface area contributed by atoms with Crippen molar-refractivity contribution in [2.45, 2.75) is 64.7 Å². The fourth-order valence-electron chi connectivity index (χ4n) is 4.79. The summed E-state index contributed by atoms with van der Waals surface area (Å²) in [5, 5.41) is 0. The van der Waals surface area contributed by atoms with Crippen LogP contribution in [0.2, 0.25) is 0 Å². The monoisotopic (exact) mass is 467 g/mol. The largest absolute Gasteiger partial charge is 0.416 e. The van der Waals surface area contributed by atoms with Crippen LogP contribution in [0.5, 0.6) is 0 Å². The Morgan fingerprint density at radius 3 is 2.55 bits per heavy atom. The number of halogens is 3. The normalized spacial score (nSPS) is 21.4. The van der Waals surface area contributed by atoms with Crippen LogP contribution >= 0.6 is 0 Å². The third kappa shape index (κ3) is 6.06. The summed E-state index contributed by atoms with van der Waals surface area (Å²) >= 11 is 0. The van der Waals surface area contributed by atoms with Gasteiger partial charge in [0, 0.05) is 51.6 Å². The average Bonchev–Trinajstić information content (AvgIpc) is 3.13. The second kappa shape index (κ2) is 10.6. The van der Waals surface area contributed by atoms with Gasteiger partial charge in [0.15, 0.2) is 0 Å². The Morgan fingerprint density at radius 1 is 1.15 bits per heavy atom. The molecule has 6 nitrogen and oxygen atoms in total. The smallest absolute Gasteiger partial charge is 0.343 e. The number of hydrogen-bond donors (Lipinski definition) is 0. The van der Waals surface area contributed by atoms with Gasteiger partial charge in [-0.05, 0) is 50.8 Å². The summed E-state index contributed by atoms with van der Waals surface area (Å²) < 4.78 is 39.1. The standard InChI is InChI=1S/C24H32F3N3O3/c1-3-28(4-2)23(33)18-8-6-12-29(16-18)22(32)14-20-10-11-21(31)30(20)15-17-7-5-9-19(13-17)24(25,26)27/h5,7,9,13,18,20H,3-4,6,8,10-12,14-16H2,1-2H3. The molecule has 1 aromatic carbocycles. The molecule has 1 aromatic rings. The number of benzene rings is 1. The van der Waals surface area contributed by atoms with Crippen LogP contribution in [-0.2, 0) is 27.1 Å². The molecule has 33 heavy (non-hydrogen) atoms. The fourth-order valence-corrected chi connectivity index (χ4v) is 4.79. The first-order valence-electron chi connectivity index (χ1n) is 11.7. The highest BCUT2D eigenvalue weighted by Crippen LogP contribution is 2.31. The van der Waals surface area contributed by atoms with Gasteiger partial charge in [-0.2, -0.15) is 13.2 Å². The number of nitrogens with zero attached hydrogens (tertiary/aromatic N) is 3. The van der Waals surface area contributed by atoms with Crippen molar-refractivity contribution in [2.24, 2.45) is 5.92 Å². The van der Waals surface area contributed by atoms with Crippen molar-refractivity contribution in [2.75, 3.05) is 26.2 Å². The topological polar surface area (TPSA) is 60.9 Å². The summed E-state index contributed by atoms with van der Waals surface area (Å²) in [4.78, 5) is 43.2. The van der Waals surface area contributed by atoms with Crippen LogP contribution in [0, 0.1) is 5.92 Å². The third-order valence-electron chi connectivity index (χ3n) is 6.67. The Morgan fingerprint density at radius 2 is 1.88 bits per heavy atom. The average molecular weight is 468 g/mol. The van der Waals surface area contributed by atoms with Crippen molar-refractivity contribution >= 4 is 17.7 Å². The molecule has 0 aliphatic carbocycles. The lowest BCUT2D eigenvalue weighted by Crippen LogP contribution is -2.48. The minimum absolute atomic E-state index is 0.0454. The quantitative estimate of drug-likeness (QED) is 0.615. The van der Waals surface area contributed by atoms with Crippen LogP contribution in [0.1, 0.15) is 57.1 Å². The van der Waals surface area contributed by atoms with Crippen molar-refractivity contribution in [1.82, 2.24) is 14.7 Å². The van der Waals surface area contributed by atoms with E-state index >= 15 is 0 Å². The second-order valence-corrected chi connectivity index (χ2v) is 8.81. The summed E-state index contributed by atoms with van der Waals surface area (Å²) in [6.07, 6.45) is -2.05. The molecule has 2 unspecified atom stereocenters. The zero-order valence-electron chi connectivity index (χ0n) is 19.2. The summed E-state index contributed by atoms with van der Waals surface area (Å²) in [6, 6.07) is 4.60. The van der Waals surface area contributed by atoms with Crippen LogP contribution < -0.4 is 0 Å². The lowest BCUT2D eigenvalue weighted by molar-refractivity contribution is -0.141. The number of carbonyl (C=O) groups is 3. The molecule has 2 heterocycles. The number of alkyl halides is 3. The van der Waals surface area contributed by atoms with Crippen molar-refractivity contribution in [3.05, 3.63) is 35.4 Å². The molecule has 9 heteroatoms. The predicted molar refractivity (Wildman–Crippen MR) is 117 cm³/mol. The molecule has 3 rings (SSSR count). The van der Waals surface area contributed by atoms with Gasteiger partial charge in [-0.25, -0.2) is 0 Å². The molecule has 0 N–H and O–H groups in total. The molecule has 0 radical (unpaired) electrons.